The van der Waals surface area contributed by atoms with Gasteiger partial charge in [0, 0.05) is 22.6 Å². The maximum Gasteiger partial charge on any atom is 0.224 e. The molecule has 3 nitrogen and oxygen atoms in total. The van der Waals surface area contributed by atoms with Gasteiger partial charge < -0.3 is 10.4 Å². The average Bonchev–Trinajstić information content (AvgIpc) is 2.36. The molecule has 0 heterocycles. The van der Waals surface area contributed by atoms with Gasteiger partial charge in [-0.25, -0.2) is 0 Å². The van der Waals surface area contributed by atoms with Crippen LogP contribution in [0.4, 0.5) is 5.69 Å². The molecule has 2 aromatic rings. The van der Waals surface area contributed by atoms with Crippen molar-refractivity contribution < 1.29 is 9.90 Å². The Hall–Kier alpha value is -1.81. The van der Waals surface area contributed by atoms with Crippen molar-refractivity contribution in [3.63, 3.8) is 0 Å². The second-order valence-electron chi connectivity index (χ2n) is 4.23. The molecule has 0 saturated carbocycles. The Morgan fingerprint density at radius 1 is 1.16 bits per heavy atom. The minimum atomic E-state index is -0.0643. The van der Waals surface area contributed by atoms with Gasteiger partial charge in [-0.15, -0.1) is 0 Å². The molecule has 98 valence electrons. The van der Waals surface area contributed by atoms with Crippen LogP contribution in [0.2, 0.25) is 0 Å². The molecule has 1 amide bonds. The fourth-order valence-corrected chi connectivity index (χ4v) is 2.20. The van der Waals surface area contributed by atoms with Crippen LogP contribution in [0.25, 0.3) is 0 Å². The van der Waals surface area contributed by atoms with E-state index in [1.54, 1.807) is 18.2 Å². The van der Waals surface area contributed by atoms with Crippen molar-refractivity contribution in [2.45, 2.75) is 12.8 Å². The predicted molar refractivity (Wildman–Crippen MR) is 79.2 cm³/mol. The summed E-state index contributed by atoms with van der Waals surface area (Å²) >= 11 is 3.40. The summed E-state index contributed by atoms with van der Waals surface area (Å²) in [6.07, 6.45) is 1.09. The first-order valence-electron chi connectivity index (χ1n) is 5.97. The van der Waals surface area contributed by atoms with Crippen LogP contribution in [-0.4, -0.2) is 11.0 Å². The standard InChI is InChI=1S/C15H14BrNO2/c16-12-4-1-3-11(9-12)7-8-15(19)17-13-5-2-6-14(18)10-13/h1-6,9-10,18H,7-8H2,(H,17,19). The van der Waals surface area contributed by atoms with Crippen molar-refractivity contribution in [3.8, 4) is 5.75 Å². The summed E-state index contributed by atoms with van der Waals surface area (Å²) < 4.78 is 1.01. The van der Waals surface area contributed by atoms with Gasteiger partial charge in [-0.1, -0.05) is 34.1 Å². The highest BCUT2D eigenvalue weighted by Crippen LogP contribution is 2.16. The molecule has 0 saturated heterocycles. The highest BCUT2D eigenvalue weighted by molar-refractivity contribution is 9.10. The van der Waals surface area contributed by atoms with Crippen molar-refractivity contribution in [2.24, 2.45) is 0 Å². The van der Waals surface area contributed by atoms with Crippen molar-refractivity contribution in [1.82, 2.24) is 0 Å². The third-order valence-electron chi connectivity index (χ3n) is 2.66. The minimum absolute atomic E-state index is 0.0643. The van der Waals surface area contributed by atoms with Crippen LogP contribution in [0, 0.1) is 0 Å². The number of benzene rings is 2. The smallest absolute Gasteiger partial charge is 0.224 e. The molecule has 0 aliphatic heterocycles. The summed E-state index contributed by atoms with van der Waals surface area (Å²) in [6.45, 7) is 0. The summed E-state index contributed by atoms with van der Waals surface area (Å²) in [4.78, 5) is 11.8. The maximum atomic E-state index is 11.8. The Labute approximate surface area is 120 Å². The van der Waals surface area contributed by atoms with E-state index in [2.05, 4.69) is 21.2 Å². The van der Waals surface area contributed by atoms with Gasteiger partial charge in [0.2, 0.25) is 5.91 Å². The highest BCUT2D eigenvalue weighted by Gasteiger charge is 2.04. The van der Waals surface area contributed by atoms with Gasteiger partial charge >= 0.3 is 0 Å². The zero-order valence-electron chi connectivity index (χ0n) is 10.3. The lowest BCUT2D eigenvalue weighted by Gasteiger charge is -2.06. The van der Waals surface area contributed by atoms with E-state index in [0.29, 0.717) is 18.5 Å². The molecule has 0 bridgehead atoms. The van der Waals surface area contributed by atoms with Crippen LogP contribution in [0.5, 0.6) is 5.75 Å². The number of carbonyl (C=O) groups excluding carboxylic acids is 1. The number of phenolic OH excluding ortho intramolecular Hbond substituents is 1. The monoisotopic (exact) mass is 319 g/mol. The Bertz CT molecular complexity index is 584. The summed E-state index contributed by atoms with van der Waals surface area (Å²) in [5.74, 6) is 0.0790. The Kier molecular flexibility index (Phi) is 4.58. The maximum absolute atomic E-state index is 11.8. The number of phenols is 1. The van der Waals surface area contributed by atoms with Crippen LogP contribution in [0.15, 0.2) is 53.0 Å². The topological polar surface area (TPSA) is 49.3 Å². The number of aryl methyl sites for hydroxylation is 1. The Balaban J connectivity index is 1.88. The van der Waals surface area contributed by atoms with Crippen LogP contribution in [0.1, 0.15) is 12.0 Å². The fourth-order valence-electron chi connectivity index (χ4n) is 1.76. The summed E-state index contributed by atoms with van der Waals surface area (Å²) in [6, 6.07) is 14.4. The van der Waals surface area contributed by atoms with E-state index in [0.717, 1.165) is 10.0 Å². The third kappa shape index (κ3) is 4.41. The Morgan fingerprint density at radius 3 is 2.68 bits per heavy atom. The van der Waals surface area contributed by atoms with Gasteiger partial charge in [-0.3, -0.25) is 4.79 Å². The summed E-state index contributed by atoms with van der Waals surface area (Å²) in [5.41, 5.74) is 1.72. The number of hydrogen-bond donors (Lipinski definition) is 2. The minimum Gasteiger partial charge on any atom is -0.508 e. The van der Waals surface area contributed by atoms with E-state index in [-0.39, 0.29) is 11.7 Å². The zero-order valence-corrected chi connectivity index (χ0v) is 11.9. The third-order valence-corrected chi connectivity index (χ3v) is 3.15. The van der Waals surface area contributed by atoms with Gasteiger partial charge in [0.25, 0.3) is 0 Å². The molecule has 0 unspecified atom stereocenters. The first-order valence-corrected chi connectivity index (χ1v) is 6.76. The number of nitrogens with one attached hydrogen (secondary N) is 1. The van der Waals surface area contributed by atoms with Gasteiger partial charge in [0.15, 0.2) is 0 Å². The molecular formula is C15H14BrNO2. The number of halogens is 1. The molecule has 2 rings (SSSR count). The molecule has 2 N–H and O–H groups in total. The largest absolute Gasteiger partial charge is 0.508 e. The van der Waals surface area contributed by atoms with Gasteiger partial charge in [-0.05, 0) is 36.2 Å². The first kappa shape index (κ1) is 13.6. The second-order valence-corrected chi connectivity index (χ2v) is 5.14. The molecule has 0 atom stereocenters. The second kappa shape index (κ2) is 6.38. The van der Waals surface area contributed by atoms with Crippen molar-refractivity contribution >= 4 is 27.5 Å². The highest BCUT2D eigenvalue weighted by atomic mass is 79.9. The number of aromatic hydroxyl groups is 1. The molecule has 0 spiro atoms. The molecule has 4 heteroatoms. The molecule has 0 aliphatic carbocycles. The van der Waals surface area contributed by atoms with E-state index in [1.165, 1.54) is 6.07 Å². The van der Waals surface area contributed by atoms with Crippen LogP contribution >= 0.6 is 15.9 Å². The van der Waals surface area contributed by atoms with Crippen molar-refractivity contribution in [2.75, 3.05) is 5.32 Å². The number of rotatable bonds is 4. The molecule has 0 fully saturated rings. The summed E-state index contributed by atoms with van der Waals surface area (Å²) in [7, 11) is 0. The quantitative estimate of drug-likeness (QED) is 0.902. The molecule has 2 aromatic carbocycles. The molecule has 19 heavy (non-hydrogen) atoms. The van der Waals surface area contributed by atoms with Crippen molar-refractivity contribution in [1.29, 1.82) is 0 Å². The first-order chi connectivity index (χ1) is 9.13. The predicted octanol–water partition coefficient (Wildman–Crippen LogP) is 3.73. The number of hydrogen-bond acceptors (Lipinski definition) is 2. The molecule has 0 radical (unpaired) electrons. The summed E-state index contributed by atoms with van der Waals surface area (Å²) in [5, 5.41) is 12.1. The molecule has 0 aliphatic rings. The van der Waals surface area contributed by atoms with Crippen LogP contribution < -0.4 is 5.32 Å². The number of anilines is 1. The van der Waals surface area contributed by atoms with E-state index in [9.17, 15) is 9.90 Å². The van der Waals surface area contributed by atoms with E-state index < -0.39 is 0 Å². The van der Waals surface area contributed by atoms with Crippen LogP contribution in [0.3, 0.4) is 0 Å². The SMILES string of the molecule is O=C(CCc1cccc(Br)c1)Nc1cccc(O)c1. The van der Waals surface area contributed by atoms with E-state index >= 15 is 0 Å². The van der Waals surface area contributed by atoms with Gasteiger partial charge in [-0.2, -0.15) is 0 Å². The number of amides is 1. The fraction of sp³-hybridized carbons (Fsp3) is 0.133. The zero-order chi connectivity index (χ0) is 13.7. The van der Waals surface area contributed by atoms with E-state index in [4.69, 9.17) is 0 Å². The lowest BCUT2D eigenvalue weighted by Crippen LogP contribution is -2.12. The lowest BCUT2D eigenvalue weighted by molar-refractivity contribution is -0.116. The molecule has 0 aromatic heterocycles. The van der Waals surface area contributed by atoms with Crippen molar-refractivity contribution in [3.05, 3.63) is 58.6 Å². The number of carbonyl (C=O) groups is 1. The normalized spacial score (nSPS) is 10.2. The van der Waals surface area contributed by atoms with Gasteiger partial charge in [0.1, 0.15) is 5.75 Å². The van der Waals surface area contributed by atoms with Crippen LogP contribution in [-0.2, 0) is 11.2 Å². The Morgan fingerprint density at radius 2 is 1.95 bits per heavy atom. The lowest BCUT2D eigenvalue weighted by atomic mass is 10.1. The van der Waals surface area contributed by atoms with Gasteiger partial charge in [0.05, 0.1) is 0 Å². The van der Waals surface area contributed by atoms with E-state index in [1.807, 2.05) is 24.3 Å². The molecular weight excluding hydrogens is 306 g/mol. The average molecular weight is 320 g/mol.